The predicted octanol–water partition coefficient (Wildman–Crippen LogP) is 1.67. The molecule has 1 aromatic rings. The van der Waals surface area contributed by atoms with Crippen LogP contribution in [0.3, 0.4) is 0 Å². The van der Waals surface area contributed by atoms with Crippen LogP contribution in [0, 0.1) is 0 Å². The summed E-state index contributed by atoms with van der Waals surface area (Å²) in [6, 6.07) is 2.47. The third kappa shape index (κ3) is 3.30. The zero-order valence-corrected chi connectivity index (χ0v) is 10.4. The van der Waals surface area contributed by atoms with Crippen molar-refractivity contribution in [2.24, 2.45) is 0 Å². The Bertz CT molecular complexity index is 343. The van der Waals surface area contributed by atoms with Gasteiger partial charge in [-0.25, -0.2) is 0 Å². The minimum atomic E-state index is -0.718. The van der Waals surface area contributed by atoms with Crippen molar-refractivity contribution in [1.82, 2.24) is 9.78 Å². The summed E-state index contributed by atoms with van der Waals surface area (Å²) in [6.07, 6.45) is 7.34. The number of aliphatic hydroxyl groups is 2. The van der Waals surface area contributed by atoms with Crippen molar-refractivity contribution in [3.05, 3.63) is 18.0 Å². The maximum Gasteiger partial charge on any atom is 0.0852 e. The summed E-state index contributed by atoms with van der Waals surface area (Å²) >= 11 is 0. The molecule has 4 nitrogen and oxygen atoms in total. The van der Waals surface area contributed by atoms with Gasteiger partial charge in [-0.2, -0.15) is 5.10 Å². The van der Waals surface area contributed by atoms with Crippen LogP contribution in [0.4, 0.5) is 0 Å². The van der Waals surface area contributed by atoms with E-state index < -0.39 is 12.2 Å². The lowest BCUT2D eigenvalue weighted by Crippen LogP contribution is -2.25. The summed E-state index contributed by atoms with van der Waals surface area (Å²) in [5.74, 6) is 0. The van der Waals surface area contributed by atoms with Crippen LogP contribution in [-0.4, -0.2) is 32.2 Å². The number of hydrogen-bond acceptors (Lipinski definition) is 3. The number of rotatable bonds is 4. The molecule has 1 fully saturated rings. The molecule has 1 saturated carbocycles. The highest BCUT2D eigenvalue weighted by Gasteiger charge is 2.17. The molecule has 0 spiro atoms. The highest BCUT2D eigenvalue weighted by Crippen LogP contribution is 2.27. The molecule has 1 aliphatic carbocycles. The predicted molar refractivity (Wildman–Crippen MR) is 65.7 cm³/mol. The fraction of sp³-hybridized carbons (Fsp3) is 0.769. The van der Waals surface area contributed by atoms with Gasteiger partial charge in [-0.3, -0.25) is 4.68 Å². The first-order chi connectivity index (χ1) is 8.16. The van der Waals surface area contributed by atoms with Gasteiger partial charge in [0.15, 0.2) is 0 Å². The van der Waals surface area contributed by atoms with Gasteiger partial charge in [-0.15, -0.1) is 0 Å². The number of nitrogens with zero attached hydrogens (tertiary/aromatic N) is 2. The molecule has 0 bridgehead atoms. The molecule has 1 heterocycles. The highest BCUT2D eigenvalue weighted by atomic mass is 16.3. The van der Waals surface area contributed by atoms with E-state index in [4.69, 9.17) is 0 Å². The molecular formula is C13H22N2O2. The van der Waals surface area contributed by atoms with Gasteiger partial charge in [-0.05, 0) is 25.8 Å². The fourth-order valence-corrected chi connectivity index (χ4v) is 2.42. The SMILES string of the molecule is CC(O)C(O)Cc1ccn(C2CCCCC2)n1. The van der Waals surface area contributed by atoms with E-state index in [1.165, 1.54) is 32.1 Å². The zero-order chi connectivity index (χ0) is 12.3. The molecular weight excluding hydrogens is 216 g/mol. The van der Waals surface area contributed by atoms with Gasteiger partial charge in [0.1, 0.15) is 0 Å². The van der Waals surface area contributed by atoms with Crippen molar-refractivity contribution in [2.45, 2.75) is 63.7 Å². The smallest absolute Gasteiger partial charge is 0.0852 e. The van der Waals surface area contributed by atoms with Crippen LogP contribution >= 0.6 is 0 Å². The van der Waals surface area contributed by atoms with Gasteiger partial charge >= 0.3 is 0 Å². The van der Waals surface area contributed by atoms with E-state index in [9.17, 15) is 10.2 Å². The molecule has 0 aromatic carbocycles. The number of hydrogen-bond donors (Lipinski definition) is 2. The number of aromatic nitrogens is 2. The van der Waals surface area contributed by atoms with E-state index >= 15 is 0 Å². The van der Waals surface area contributed by atoms with Gasteiger partial charge in [0.05, 0.1) is 23.9 Å². The molecule has 2 rings (SSSR count). The van der Waals surface area contributed by atoms with Crippen LogP contribution in [0.15, 0.2) is 12.3 Å². The molecule has 0 aliphatic heterocycles. The normalized spacial score (nSPS) is 21.4. The van der Waals surface area contributed by atoms with Gasteiger partial charge in [0.2, 0.25) is 0 Å². The van der Waals surface area contributed by atoms with Crippen LogP contribution in [0.2, 0.25) is 0 Å². The van der Waals surface area contributed by atoms with Crippen LogP contribution in [0.5, 0.6) is 0 Å². The van der Waals surface area contributed by atoms with Crippen LogP contribution in [0.25, 0.3) is 0 Å². The van der Waals surface area contributed by atoms with Crippen molar-refractivity contribution in [1.29, 1.82) is 0 Å². The zero-order valence-electron chi connectivity index (χ0n) is 10.4. The molecule has 4 heteroatoms. The Morgan fingerprint density at radius 2 is 2.06 bits per heavy atom. The third-order valence-electron chi connectivity index (χ3n) is 3.59. The Labute approximate surface area is 102 Å². The Morgan fingerprint density at radius 1 is 1.35 bits per heavy atom. The summed E-state index contributed by atoms with van der Waals surface area (Å²) in [5.41, 5.74) is 0.865. The van der Waals surface area contributed by atoms with E-state index in [0.29, 0.717) is 12.5 Å². The van der Waals surface area contributed by atoms with E-state index in [1.807, 2.05) is 16.9 Å². The summed E-state index contributed by atoms with van der Waals surface area (Å²) in [7, 11) is 0. The quantitative estimate of drug-likeness (QED) is 0.839. The maximum absolute atomic E-state index is 9.60. The molecule has 17 heavy (non-hydrogen) atoms. The van der Waals surface area contributed by atoms with Crippen molar-refractivity contribution in [2.75, 3.05) is 0 Å². The minimum Gasteiger partial charge on any atom is -0.391 e. The van der Waals surface area contributed by atoms with Crippen molar-refractivity contribution in [3.63, 3.8) is 0 Å². The molecule has 2 N–H and O–H groups in total. The molecule has 96 valence electrons. The second-order valence-corrected chi connectivity index (χ2v) is 5.09. The van der Waals surface area contributed by atoms with Crippen LogP contribution in [-0.2, 0) is 6.42 Å². The standard InChI is InChI=1S/C13H22N2O2/c1-10(16)13(17)9-11-7-8-15(14-11)12-5-3-2-4-6-12/h7-8,10,12-13,16-17H,2-6,9H2,1H3. The Kier molecular flexibility index (Phi) is 4.18. The van der Waals surface area contributed by atoms with Gasteiger partial charge in [0, 0.05) is 12.6 Å². The minimum absolute atomic E-state index is 0.428. The van der Waals surface area contributed by atoms with Crippen molar-refractivity contribution < 1.29 is 10.2 Å². The monoisotopic (exact) mass is 238 g/mol. The molecule has 2 atom stereocenters. The Hall–Kier alpha value is -0.870. The van der Waals surface area contributed by atoms with E-state index in [-0.39, 0.29) is 0 Å². The van der Waals surface area contributed by atoms with Gasteiger partial charge < -0.3 is 10.2 Å². The highest BCUT2D eigenvalue weighted by molar-refractivity contribution is 5.02. The van der Waals surface area contributed by atoms with E-state index in [1.54, 1.807) is 6.92 Å². The first-order valence-electron chi connectivity index (χ1n) is 6.57. The van der Waals surface area contributed by atoms with Crippen LogP contribution < -0.4 is 0 Å². The van der Waals surface area contributed by atoms with E-state index in [2.05, 4.69) is 5.10 Å². The first-order valence-corrected chi connectivity index (χ1v) is 6.57. The fourth-order valence-electron chi connectivity index (χ4n) is 2.42. The number of aliphatic hydroxyl groups excluding tert-OH is 2. The lowest BCUT2D eigenvalue weighted by molar-refractivity contribution is 0.0312. The summed E-state index contributed by atoms with van der Waals surface area (Å²) in [5, 5.41) is 23.4. The molecule has 2 unspecified atom stereocenters. The lowest BCUT2D eigenvalue weighted by Gasteiger charge is -2.21. The largest absolute Gasteiger partial charge is 0.391 e. The van der Waals surface area contributed by atoms with Gasteiger partial charge in [-0.1, -0.05) is 19.3 Å². The van der Waals surface area contributed by atoms with Crippen molar-refractivity contribution >= 4 is 0 Å². The summed E-state index contributed by atoms with van der Waals surface area (Å²) < 4.78 is 2.03. The van der Waals surface area contributed by atoms with Crippen molar-refractivity contribution in [3.8, 4) is 0 Å². The molecule has 1 aliphatic rings. The molecule has 0 radical (unpaired) electrons. The Morgan fingerprint density at radius 3 is 2.71 bits per heavy atom. The first kappa shape index (κ1) is 12.6. The van der Waals surface area contributed by atoms with E-state index in [0.717, 1.165) is 5.69 Å². The molecule has 0 amide bonds. The average molecular weight is 238 g/mol. The second-order valence-electron chi connectivity index (χ2n) is 5.09. The third-order valence-corrected chi connectivity index (χ3v) is 3.59. The second kappa shape index (κ2) is 5.65. The molecule has 0 saturated heterocycles. The van der Waals surface area contributed by atoms with Crippen LogP contribution in [0.1, 0.15) is 50.8 Å². The summed E-state index contributed by atoms with van der Waals surface area (Å²) in [4.78, 5) is 0. The summed E-state index contributed by atoms with van der Waals surface area (Å²) in [6.45, 7) is 1.60. The van der Waals surface area contributed by atoms with Gasteiger partial charge in [0.25, 0.3) is 0 Å². The maximum atomic E-state index is 9.60. The lowest BCUT2D eigenvalue weighted by atomic mass is 9.96. The molecule has 1 aromatic heterocycles. The Balaban J connectivity index is 1.95. The topological polar surface area (TPSA) is 58.3 Å². The average Bonchev–Trinajstić information content (AvgIpc) is 2.78.